The summed E-state index contributed by atoms with van der Waals surface area (Å²) in [6, 6.07) is 16.3. The van der Waals surface area contributed by atoms with Crippen molar-refractivity contribution in [3.8, 4) is 5.75 Å². The van der Waals surface area contributed by atoms with E-state index in [2.05, 4.69) is 5.32 Å². The van der Waals surface area contributed by atoms with Gasteiger partial charge < -0.3 is 15.0 Å². The molecule has 0 saturated carbocycles. The van der Waals surface area contributed by atoms with Crippen LogP contribution in [0.15, 0.2) is 71.6 Å². The van der Waals surface area contributed by atoms with Crippen LogP contribution in [0, 0.1) is 24.0 Å². The molecule has 0 aliphatic carbocycles. The molecular formula is C30H36N4O7S. The van der Waals surface area contributed by atoms with Gasteiger partial charge in [-0.3, -0.25) is 24.0 Å². The molecule has 2 amide bonds. The third-order valence-electron chi connectivity index (χ3n) is 6.82. The number of nitrogens with zero attached hydrogens (tertiary/aromatic N) is 3. The minimum absolute atomic E-state index is 0.0707. The Kier molecular flexibility index (Phi) is 10.6. The number of benzene rings is 3. The molecule has 0 fully saturated rings. The lowest BCUT2D eigenvalue weighted by molar-refractivity contribution is -0.385. The molecular weight excluding hydrogens is 560 g/mol. The van der Waals surface area contributed by atoms with Crippen LogP contribution in [-0.2, 0) is 26.2 Å². The Morgan fingerprint density at radius 1 is 1.00 bits per heavy atom. The van der Waals surface area contributed by atoms with Crippen LogP contribution in [0.25, 0.3) is 0 Å². The third kappa shape index (κ3) is 7.43. The lowest BCUT2D eigenvalue weighted by atomic mass is 10.1. The summed E-state index contributed by atoms with van der Waals surface area (Å²) in [4.78, 5) is 39.0. The van der Waals surface area contributed by atoms with Crippen LogP contribution in [0.4, 0.5) is 11.4 Å². The smallest absolute Gasteiger partial charge is 0.273 e. The summed E-state index contributed by atoms with van der Waals surface area (Å²) in [6.45, 7) is 6.77. The number of methoxy groups -OCH3 is 1. The number of aryl methyl sites for hydroxylation is 2. The molecule has 3 rings (SSSR count). The summed E-state index contributed by atoms with van der Waals surface area (Å²) in [7, 11) is -3.01. The van der Waals surface area contributed by atoms with Gasteiger partial charge in [-0.05, 0) is 63.1 Å². The largest absolute Gasteiger partial charge is 0.497 e. The number of sulfonamides is 1. The van der Waals surface area contributed by atoms with Crippen LogP contribution in [0.1, 0.15) is 37.0 Å². The van der Waals surface area contributed by atoms with Crippen molar-refractivity contribution in [2.75, 3.05) is 24.5 Å². The highest BCUT2D eigenvalue weighted by Crippen LogP contribution is 2.29. The van der Waals surface area contributed by atoms with Gasteiger partial charge in [0.1, 0.15) is 18.3 Å². The number of ether oxygens (including phenoxy) is 1. The van der Waals surface area contributed by atoms with Gasteiger partial charge in [0.05, 0.1) is 22.6 Å². The van der Waals surface area contributed by atoms with E-state index < -0.39 is 33.4 Å². The van der Waals surface area contributed by atoms with Gasteiger partial charge >= 0.3 is 0 Å². The van der Waals surface area contributed by atoms with Crippen molar-refractivity contribution in [3.63, 3.8) is 0 Å². The number of amides is 2. The number of carbonyl (C=O) groups is 2. The van der Waals surface area contributed by atoms with Crippen molar-refractivity contribution < 1.29 is 27.7 Å². The summed E-state index contributed by atoms with van der Waals surface area (Å²) in [5, 5.41) is 14.3. The maximum Gasteiger partial charge on any atom is 0.273 e. The molecule has 12 heteroatoms. The summed E-state index contributed by atoms with van der Waals surface area (Å²) in [5.41, 5.74) is 1.87. The topological polar surface area (TPSA) is 139 Å². The Morgan fingerprint density at radius 2 is 1.64 bits per heavy atom. The maximum atomic E-state index is 14.0. The number of nitro groups is 1. The Labute approximate surface area is 246 Å². The first-order valence-corrected chi connectivity index (χ1v) is 14.9. The summed E-state index contributed by atoms with van der Waals surface area (Å²) in [6.07, 6.45) is 0.295. The van der Waals surface area contributed by atoms with Gasteiger partial charge in [-0.25, -0.2) is 8.42 Å². The molecule has 0 spiro atoms. The van der Waals surface area contributed by atoms with E-state index in [1.165, 1.54) is 43.2 Å². The molecule has 0 heterocycles. The number of anilines is 1. The van der Waals surface area contributed by atoms with E-state index in [0.29, 0.717) is 24.3 Å². The van der Waals surface area contributed by atoms with E-state index in [1.807, 2.05) is 31.2 Å². The van der Waals surface area contributed by atoms with Crippen molar-refractivity contribution in [3.05, 3.63) is 93.5 Å². The zero-order valence-electron chi connectivity index (χ0n) is 24.4. The molecule has 0 bridgehead atoms. The lowest BCUT2D eigenvalue weighted by Crippen LogP contribution is -2.52. The zero-order valence-corrected chi connectivity index (χ0v) is 25.2. The highest BCUT2D eigenvalue weighted by molar-refractivity contribution is 7.92. The number of nitro benzene ring substituents is 1. The van der Waals surface area contributed by atoms with Crippen LogP contribution in [0.5, 0.6) is 5.75 Å². The summed E-state index contributed by atoms with van der Waals surface area (Å²) < 4.78 is 34.2. The standard InChI is InChI=1S/C30H36N4O7S/c1-6-27(30(36)31-7-2)32(19-23-11-8-21(3)9-12-23)29(35)20-33(24-13-15-25(41-5)16-14-24)42(39,40)26-17-10-22(4)28(18-26)34(37)38/h8-18,27H,6-7,19-20H2,1-5H3,(H,31,36)/t27-/m1/s1. The highest BCUT2D eigenvalue weighted by atomic mass is 32.2. The van der Waals surface area contributed by atoms with Gasteiger partial charge in [0.15, 0.2) is 0 Å². The Hall–Kier alpha value is -4.45. The molecule has 1 atom stereocenters. The SMILES string of the molecule is CCNC(=O)[C@@H](CC)N(Cc1ccc(C)cc1)C(=O)CN(c1ccc(OC)cc1)S(=O)(=O)c1ccc(C)c([N+](=O)[O-])c1. The first-order chi connectivity index (χ1) is 19.9. The van der Waals surface area contributed by atoms with Crippen molar-refractivity contribution in [2.24, 2.45) is 0 Å². The minimum atomic E-state index is -4.48. The van der Waals surface area contributed by atoms with Crippen molar-refractivity contribution in [1.29, 1.82) is 0 Å². The molecule has 0 unspecified atom stereocenters. The van der Waals surface area contributed by atoms with Crippen LogP contribution in [-0.4, -0.2) is 56.3 Å². The number of nitrogens with one attached hydrogen (secondary N) is 1. The first kappa shape index (κ1) is 32.1. The molecule has 0 aliphatic heterocycles. The second-order valence-electron chi connectivity index (χ2n) is 9.74. The number of hydrogen-bond donors (Lipinski definition) is 1. The Bertz CT molecular complexity index is 1520. The highest BCUT2D eigenvalue weighted by Gasteiger charge is 2.34. The van der Waals surface area contributed by atoms with Gasteiger partial charge in [-0.15, -0.1) is 0 Å². The fourth-order valence-corrected chi connectivity index (χ4v) is 5.89. The molecule has 224 valence electrons. The molecule has 42 heavy (non-hydrogen) atoms. The fraction of sp³-hybridized carbons (Fsp3) is 0.333. The molecule has 0 radical (unpaired) electrons. The van der Waals surface area contributed by atoms with E-state index in [1.54, 1.807) is 26.0 Å². The van der Waals surface area contributed by atoms with Gasteiger partial charge in [0.2, 0.25) is 11.8 Å². The van der Waals surface area contributed by atoms with Crippen LogP contribution >= 0.6 is 0 Å². The number of likely N-dealkylation sites (N-methyl/N-ethyl adjacent to an activating group) is 1. The second-order valence-corrected chi connectivity index (χ2v) is 11.6. The predicted octanol–water partition coefficient (Wildman–Crippen LogP) is 4.36. The predicted molar refractivity (Wildman–Crippen MR) is 160 cm³/mol. The van der Waals surface area contributed by atoms with Crippen LogP contribution in [0.3, 0.4) is 0 Å². The van der Waals surface area contributed by atoms with E-state index in [9.17, 15) is 28.1 Å². The lowest BCUT2D eigenvalue weighted by Gasteiger charge is -2.33. The first-order valence-electron chi connectivity index (χ1n) is 13.5. The van der Waals surface area contributed by atoms with Gasteiger partial charge in [0, 0.05) is 24.7 Å². The number of carbonyl (C=O) groups excluding carboxylic acids is 2. The number of rotatable bonds is 13. The Morgan fingerprint density at radius 3 is 2.19 bits per heavy atom. The molecule has 0 aromatic heterocycles. The molecule has 3 aromatic carbocycles. The molecule has 1 N–H and O–H groups in total. The molecule has 0 aliphatic rings. The van der Waals surface area contributed by atoms with Crippen molar-refractivity contribution >= 4 is 33.2 Å². The molecule has 0 saturated heterocycles. The monoisotopic (exact) mass is 596 g/mol. The average Bonchev–Trinajstić information content (AvgIpc) is 2.96. The van der Waals surface area contributed by atoms with Crippen LogP contribution < -0.4 is 14.4 Å². The summed E-state index contributed by atoms with van der Waals surface area (Å²) in [5.74, 6) is -0.500. The third-order valence-corrected chi connectivity index (χ3v) is 8.58. The normalized spacial score (nSPS) is 11.8. The van der Waals surface area contributed by atoms with E-state index in [0.717, 1.165) is 21.5 Å². The number of hydrogen-bond acceptors (Lipinski definition) is 7. The van der Waals surface area contributed by atoms with E-state index in [4.69, 9.17) is 4.74 Å². The quantitative estimate of drug-likeness (QED) is 0.228. The minimum Gasteiger partial charge on any atom is -0.497 e. The van der Waals surface area contributed by atoms with Gasteiger partial charge in [-0.1, -0.05) is 42.8 Å². The average molecular weight is 597 g/mol. The van der Waals surface area contributed by atoms with Crippen LogP contribution in [0.2, 0.25) is 0 Å². The van der Waals surface area contributed by atoms with Crippen molar-refractivity contribution in [1.82, 2.24) is 10.2 Å². The van der Waals surface area contributed by atoms with Crippen molar-refractivity contribution in [2.45, 2.75) is 51.6 Å². The Balaban J connectivity index is 2.11. The van der Waals surface area contributed by atoms with Gasteiger partial charge in [0.25, 0.3) is 15.7 Å². The van der Waals surface area contributed by atoms with E-state index >= 15 is 0 Å². The van der Waals surface area contributed by atoms with Gasteiger partial charge in [-0.2, -0.15) is 0 Å². The molecule has 11 nitrogen and oxygen atoms in total. The summed E-state index contributed by atoms with van der Waals surface area (Å²) >= 11 is 0. The second kappa shape index (κ2) is 13.9. The maximum absolute atomic E-state index is 14.0. The molecule has 3 aromatic rings. The fourth-order valence-electron chi connectivity index (χ4n) is 4.45. The zero-order chi connectivity index (χ0) is 31.0. The van der Waals surface area contributed by atoms with E-state index in [-0.39, 0.29) is 28.7 Å².